The Hall–Kier alpha value is -2.04. The smallest absolute Gasteiger partial charge is 0.315 e. The summed E-state index contributed by atoms with van der Waals surface area (Å²) in [6.07, 6.45) is 3.15. The number of nitrogens with two attached hydrogens (primary N) is 1. The minimum Gasteiger partial charge on any atom is -0.368 e. The van der Waals surface area contributed by atoms with Crippen molar-refractivity contribution < 1.29 is 9.59 Å². The zero-order valence-corrected chi connectivity index (χ0v) is 12.8. The summed E-state index contributed by atoms with van der Waals surface area (Å²) in [7, 11) is 0. The number of hydrogen-bond acceptors (Lipinski definition) is 2. The van der Waals surface area contributed by atoms with Crippen LogP contribution >= 0.6 is 0 Å². The SMILES string of the molecule is CCCC[C@@H](NC(=O)NCCc1cccc(C)c1)C(N)=O. The molecule has 0 aliphatic rings. The van der Waals surface area contributed by atoms with Crippen LogP contribution < -0.4 is 16.4 Å². The number of urea groups is 1. The van der Waals surface area contributed by atoms with E-state index in [9.17, 15) is 9.59 Å². The average Bonchev–Trinajstić information content (AvgIpc) is 2.43. The molecule has 0 saturated heterocycles. The van der Waals surface area contributed by atoms with E-state index in [0.717, 1.165) is 19.3 Å². The molecule has 0 aliphatic heterocycles. The molecule has 0 heterocycles. The molecule has 0 aliphatic carbocycles. The Bertz CT molecular complexity index is 474. The van der Waals surface area contributed by atoms with E-state index >= 15 is 0 Å². The largest absolute Gasteiger partial charge is 0.368 e. The van der Waals surface area contributed by atoms with Crippen molar-refractivity contribution >= 4 is 11.9 Å². The fraction of sp³-hybridized carbons (Fsp3) is 0.500. The van der Waals surface area contributed by atoms with Crippen LogP contribution in [0.5, 0.6) is 0 Å². The first-order valence-electron chi connectivity index (χ1n) is 7.42. The van der Waals surface area contributed by atoms with E-state index in [1.165, 1.54) is 11.1 Å². The van der Waals surface area contributed by atoms with Gasteiger partial charge in [0.15, 0.2) is 0 Å². The zero-order chi connectivity index (χ0) is 15.7. The van der Waals surface area contributed by atoms with E-state index in [0.29, 0.717) is 13.0 Å². The summed E-state index contributed by atoms with van der Waals surface area (Å²) in [6.45, 7) is 4.59. The third-order valence-electron chi connectivity index (χ3n) is 3.28. The van der Waals surface area contributed by atoms with Crippen LogP contribution in [0.3, 0.4) is 0 Å². The van der Waals surface area contributed by atoms with Gasteiger partial charge in [0, 0.05) is 6.54 Å². The maximum Gasteiger partial charge on any atom is 0.315 e. The highest BCUT2D eigenvalue weighted by atomic mass is 16.2. The summed E-state index contributed by atoms with van der Waals surface area (Å²) in [5, 5.41) is 5.38. The molecule has 1 atom stereocenters. The second kappa shape index (κ2) is 9.00. The number of unbranched alkanes of at least 4 members (excludes halogenated alkanes) is 1. The molecule has 4 N–H and O–H groups in total. The summed E-state index contributed by atoms with van der Waals surface area (Å²) < 4.78 is 0. The van der Waals surface area contributed by atoms with Crippen LogP contribution in [0, 0.1) is 6.92 Å². The molecule has 0 aromatic heterocycles. The van der Waals surface area contributed by atoms with Crippen molar-refractivity contribution in [3.05, 3.63) is 35.4 Å². The molecule has 0 radical (unpaired) electrons. The molecule has 21 heavy (non-hydrogen) atoms. The number of carbonyl (C=O) groups is 2. The van der Waals surface area contributed by atoms with Crippen LogP contribution in [-0.2, 0) is 11.2 Å². The van der Waals surface area contributed by atoms with Crippen LogP contribution in [0.2, 0.25) is 0 Å². The van der Waals surface area contributed by atoms with Gasteiger partial charge >= 0.3 is 6.03 Å². The Balaban J connectivity index is 2.34. The van der Waals surface area contributed by atoms with Gasteiger partial charge in [-0.25, -0.2) is 4.79 Å². The number of rotatable bonds is 8. The lowest BCUT2D eigenvalue weighted by Crippen LogP contribution is -2.48. The van der Waals surface area contributed by atoms with Gasteiger partial charge in [-0.2, -0.15) is 0 Å². The van der Waals surface area contributed by atoms with Crippen molar-refractivity contribution in [3.8, 4) is 0 Å². The second-order valence-corrected chi connectivity index (χ2v) is 5.24. The van der Waals surface area contributed by atoms with Gasteiger partial charge < -0.3 is 16.4 Å². The fourth-order valence-corrected chi connectivity index (χ4v) is 2.09. The first-order valence-corrected chi connectivity index (χ1v) is 7.42. The molecule has 0 bridgehead atoms. The summed E-state index contributed by atoms with van der Waals surface area (Å²) in [6, 6.07) is 7.21. The standard InChI is InChI=1S/C16H25N3O2/c1-3-4-8-14(15(17)20)19-16(21)18-10-9-13-7-5-6-12(2)11-13/h5-7,11,14H,3-4,8-10H2,1-2H3,(H2,17,20)(H2,18,19,21)/t14-/m1/s1. The molecule has 3 amide bonds. The summed E-state index contributed by atoms with van der Waals surface area (Å²) in [4.78, 5) is 23.0. The van der Waals surface area contributed by atoms with E-state index in [-0.39, 0.29) is 6.03 Å². The third-order valence-corrected chi connectivity index (χ3v) is 3.28. The lowest BCUT2D eigenvalue weighted by molar-refractivity contribution is -0.119. The number of nitrogens with one attached hydrogen (secondary N) is 2. The Morgan fingerprint density at radius 3 is 2.71 bits per heavy atom. The molecule has 0 spiro atoms. The maximum absolute atomic E-state index is 11.7. The average molecular weight is 291 g/mol. The monoisotopic (exact) mass is 291 g/mol. The van der Waals surface area contributed by atoms with E-state index in [1.54, 1.807) is 0 Å². The van der Waals surface area contributed by atoms with Gasteiger partial charge in [0.2, 0.25) is 5.91 Å². The van der Waals surface area contributed by atoms with E-state index in [2.05, 4.69) is 16.7 Å². The predicted octanol–water partition coefficient (Wildman–Crippen LogP) is 1.88. The van der Waals surface area contributed by atoms with Gasteiger partial charge in [-0.3, -0.25) is 4.79 Å². The molecule has 0 fully saturated rings. The Morgan fingerprint density at radius 1 is 1.33 bits per heavy atom. The molecule has 0 unspecified atom stereocenters. The summed E-state index contributed by atoms with van der Waals surface area (Å²) in [5.41, 5.74) is 7.65. The summed E-state index contributed by atoms with van der Waals surface area (Å²) in [5.74, 6) is -0.489. The van der Waals surface area contributed by atoms with Crippen LogP contribution in [0.1, 0.15) is 37.3 Å². The molecular formula is C16H25N3O2. The minimum absolute atomic E-state index is 0.345. The van der Waals surface area contributed by atoms with E-state index in [1.807, 2.05) is 32.0 Å². The van der Waals surface area contributed by atoms with Crippen LogP contribution in [0.4, 0.5) is 4.79 Å². The number of primary amides is 1. The Morgan fingerprint density at radius 2 is 2.10 bits per heavy atom. The number of carbonyl (C=O) groups excluding carboxylic acids is 2. The van der Waals surface area contributed by atoms with Gasteiger partial charge in [0.1, 0.15) is 6.04 Å². The molecule has 116 valence electrons. The fourth-order valence-electron chi connectivity index (χ4n) is 2.09. The highest BCUT2D eigenvalue weighted by molar-refractivity contribution is 5.85. The molecular weight excluding hydrogens is 266 g/mol. The molecule has 1 rings (SSSR count). The van der Waals surface area contributed by atoms with Gasteiger partial charge in [0.25, 0.3) is 0 Å². The van der Waals surface area contributed by atoms with Crippen molar-refractivity contribution in [2.45, 2.75) is 45.6 Å². The molecule has 1 aromatic rings. The summed E-state index contributed by atoms with van der Waals surface area (Å²) >= 11 is 0. The number of hydrogen-bond donors (Lipinski definition) is 3. The molecule has 5 nitrogen and oxygen atoms in total. The topological polar surface area (TPSA) is 84.2 Å². The molecule has 0 saturated carbocycles. The van der Waals surface area contributed by atoms with Gasteiger partial charge in [-0.1, -0.05) is 49.6 Å². The Kier molecular flexibility index (Phi) is 7.29. The number of amides is 3. The van der Waals surface area contributed by atoms with Crippen molar-refractivity contribution in [1.82, 2.24) is 10.6 Å². The first-order chi connectivity index (χ1) is 10.0. The number of benzene rings is 1. The highest BCUT2D eigenvalue weighted by Crippen LogP contribution is 2.04. The van der Waals surface area contributed by atoms with Crippen LogP contribution in [-0.4, -0.2) is 24.5 Å². The zero-order valence-electron chi connectivity index (χ0n) is 12.8. The van der Waals surface area contributed by atoms with Crippen molar-refractivity contribution in [2.24, 2.45) is 5.73 Å². The lowest BCUT2D eigenvalue weighted by atomic mass is 10.1. The quantitative estimate of drug-likeness (QED) is 0.683. The van der Waals surface area contributed by atoms with Gasteiger partial charge in [0.05, 0.1) is 0 Å². The minimum atomic E-state index is -0.594. The van der Waals surface area contributed by atoms with E-state index in [4.69, 9.17) is 5.73 Å². The van der Waals surface area contributed by atoms with Gasteiger partial charge in [-0.05, 0) is 25.3 Å². The Labute approximate surface area is 126 Å². The molecule has 1 aromatic carbocycles. The van der Waals surface area contributed by atoms with E-state index < -0.39 is 11.9 Å². The van der Waals surface area contributed by atoms with Crippen LogP contribution in [0.25, 0.3) is 0 Å². The molecule has 5 heteroatoms. The van der Waals surface area contributed by atoms with Crippen LogP contribution in [0.15, 0.2) is 24.3 Å². The predicted molar refractivity (Wildman–Crippen MR) is 83.9 cm³/mol. The second-order valence-electron chi connectivity index (χ2n) is 5.24. The lowest BCUT2D eigenvalue weighted by Gasteiger charge is -2.15. The van der Waals surface area contributed by atoms with Crippen molar-refractivity contribution in [2.75, 3.05) is 6.54 Å². The maximum atomic E-state index is 11.7. The van der Waals surface area contributed by atoms with Crippen molar-refractivity contribution in [1.29, 1.82) is 0 Å². The normalized spacial score (nSPS) is 11.7. The first kappa shape index (κ1) is 17.0. The number of aryl methyl sites for hydroxylation is 1. The highest BCUT2D eigenvalue weighted by Gasteiger charge is 2.16. The van der Waals surface area contributed by atoms with Gasteiger partial charge in [-0.15, -0.1) is 0 Å². The third kappa shape index (κ3) is 6.79. The van der Waals surface area contributed by atoms with Crippen molar-refractivity contribution in [3.63, 3.8) is 0 Å².